The Kier molecular flexibility index (Phi) is 5.60. The molecule has 0 bridgehead atoms. The fourth-order valence-electron chi connectivity index (χ4n) is 1.46. The van der Waals surface area contributed by atoms with Gasteiger partial charge >= 0.3 is 6.18 Å². The van der Waals surface area contributed by atoms with Crippen LogP contribution in [0.1, 0.15) is 24.5 Å². The minimum Gasteiger partial charge on any atom is -0.356 e. The molecule has 0 saturated heterocycles. The van der Waals surface area contributed by atoms with Crippen molar-refractivity contribution in [3.63, 3.8) is 0 Å². The van der Waals surface area contributed by atoms with E-state index >= 15 is 0 Å². The van der Waals surface area contributed by atoms with E-state index in [-0.39, 0.29) is 11.5 Å². The lowest BCUT2D eigenvalue weighted by molar-refractivity contribution is -0.137. The number of hydrogen-bond acceptors (Lipinski definition) is 1. The van der Waals surface area contributed by atoms with Gasteiger partial charge in [-0.3, -0.25) is 4.79 Å². The minimum atomic E-state index is -4.39. The van der Waals surface area contributed by atoms with Crippen molar-refractivity contribution < 1.29 is 18.0 Å². The second kappa shape index (κ2) is 6.75. The minimum absolute atomic E-state index is 0.110. The molecule has 2 nitrogen and oxygen atoms in total. The van der Waals surface area contributed by atoms with Crippen LogP contribution in [0.15, 0.2) is 28.7 Å². The molecule has 1 rings (SSSR count). The Balaban J connectivity index is 2.78. The SMILES string of the molecule is CC(=O)NCCC=Cc1ccc(Br)cc1C(F)(F)F. The van der Waals surface area contributed by atoms with Crippen LogP contribution in [0.4, 0.5) is 13.2 Å². The molecule has 0 unspecified atom stereocenters. The van der Waals surface area contributed by atoms with Crippen LogP contribution in [0, 0.1) is 0 Å². The third kappa shape index (κ3) is 5.46. The molecule has 0 aliphatic heterocycles. The van der Waals surface area contributed by atoms with Gasteiger partial charge in [0.1, 0.15) is 0 Å². The molecule has 0 heterocycles. The van der Waals surface area contributed by atoms with Gasteiger partial charge < -0.3 is 5.32 Å². The van der Waals surface area contributed by atoms with E-state index in [0.717, 1.165) is 6.07 Å². The van der Waals surface area contributed by atoms with Crippen LogP contribution in [-0.2, 0) is 11.0 Å². The molecule has 0 aliphatic carbocycles. The van der Waals surface area contributed by atoms with Crippen LogP contribution in [0.25, 0.3) is 6.08 Å². The molecule has 0 atom stereocenters. The highest BCUT2D eigenvalue weighted by molar-refractivity contribution is 9.10. The maximum Gasteiger partial charge on any atom is 0.417 e. The maximum absolute atomic E-state index is 12.8. The quantitative estimate of drug-likeness (QED) is 0.827. The van der Waals surface area contributed by atoms with Crippen molar-refractivity contribution in [2.75, 3.05) is 6.54 Å². The summed E-state index contributed by atoms with van der Waals surface area (Å²) in [5, 5.41) is 2.57. The van der Waals surface area contributed by atoms with E-state index in [1.54, 1.807) is 12.1 Å². The number of carbonyl (C=O) groups is 1. The van der Waals surface area contributed by atoms with Crippen LogP contribution in [0.5, 0.6) is 0 Å². The smallest absolute Gasteiger partial charge is 0.356 e. The zero-order valence-electron chi connectivity index (χ0n) is 10.2. The van der Waals surface area contributed by atoms with Gasteiger partial charge in [-0.25, -0.2) is 0 Å². The Morgan fingerprint density at radius 1 is 1.42 bits per heavy atom. The van der Waals surface area contributed by atoms with Crippen molar-refractivity contribution in [3.8, 4) is 0 Å². The Bertz CT molecular complexity index is 483. The molecule has 1 aromatic rings. The molecule has 19 heavy (non-hydrogen) atoms. The summed E-state index contributed by atoms with van der Waals surface area (Å²) in [6, 6.07) is 4.01. The van der Waals surface area contributed by atoms with Crippen LogP contribution in [-0.4, -0.2) is 12.5 Å². The molecule has 1 N–H and O–H groups in total. The standard InChI is InChI=1S/C13H13BrF3NO/c1-9(19)18-7-3-2-4-10-5-6-11(14)8-12(10)13(15,16)17/h2,4-6,8H,3,7H2,1H3,(H,18,19). The van der Waals surface area contributed by atoms with E-state index in [4.69, 9.17) is 0 Å². The van der Waals surface area contributed by atoms with E-state index in [0.29, 0.717) is 17.4 Å². The monoisotopic (exact) mass is 335 g/mol. The van der Waals surface area contributed by atoms with Gasteiger partial charge in [0.2, 0.25) is 5.91 Å². The first-order valence-corrected chi connectivity index (χ1v) is 6.37. The summed E-state index contributed by atoms with van der Waals surface area (Å²) in [6.07, 6.45) is -0.889. The lowest BCUT2D eigenvalue weighted by atomic mass is 10.1. The van der Waals surface area contributed by atoms with E-state index < -0.39 is 11.7 Å². The zero-order chi connectivity index (χ0) is 14.5. The van der Waals surface area contributed by atoms with Gasteiger partial charge in [-0.2, -0.15) is 13.2 Å². The first-order chi connectivity index (χ1) is 8.80. The van der Waals surface area contributed by atoms with Crippen molar-refractivity contribution in [1.82, 2.24) is 5.32 Å². The highest BCUT2D eigenvalue weighted by Gasteiger charge is 2.32. The van der Waals surface area contributed by atoms with E-state index in [9.17, 15) is 18.0 Å². The summed E-state index contributed by atoms with van der Waals surface area (Å²) in [4.78, 5) is 10.6. The van der Waals surface area contributed by atoms with Crippen molar-refractivity contribution in [2.45, 2.75) is 19.5 Å². The van der Waals surface area contributed by atoms with E-state index in [2.05, 4.69) is 21.2 Å². The summed E-state index contributed by atoms with van der Waals surface area (Å²) in [7, 11) is 0. The number of halogens is 4. The molecule has 0 aliphatic rings. The molecular weight excluding hydrogens is 323 g/mol. The first kappa shape index (κ1) is 15.8. The van der Waals surface area contributed by atoms with Crippen LogP contribution >= 0.6 is 15.9 Å². The first-order valence-electron chi connectivity index (χ1n) is 5.58. The highest BCUT2D eigenvalue weighted by Crippen LogP contribution is 2.34. The van der Waals surface area contributed by atoms with Gasteiger partial charge in [0, 0.05) is 17.9 Å². The van der Waals surface area contributed by atoms with Gasteiger partial charge in [0.05, 0.1) is 5.56 Å². The average molecular weight is 336 g/mol. The third-order valence-corrected chi connectivity index (χ3v) is 2.80. The molecule has 1 amide bonds. The van der Waals surface area contributed by atoms with Crippen molar-refractivity contribution in [2.24, 2.45) is 0 Å². The van der Waals surface area contributed by atoms with Gasteiger partial charge in [-0.1, -0.05) is 34.1 Å². The summed E-state index contributed by atoms with van der Waals surface area (Å²) in [5.74, 6) is -0.159. The van der Waals surface area contributed by atoms with Gasteiger partial charge in [0.25, 0.3) is 0 Å². The lowest BCUT2D eigenvalue weighted by Gasteiger charge is -2.10. The summed E-state index contributed by atoms with van der Waals surface area (Å²) >= 11 is 3.03. The van der Waals surface area contributed by atoms with E-state index in [1.165, 1.54) is 19.1 Å². The summed E-state index contributed by atoms with van der Waals surface area (Å²) < 4.78 is 38.8. The number of carbonyl (C=O) groups excluding carboxylic acids is 1. The normalized spacial score (nSPS) is 11.8. The molecular formula is C13H13BrF3NO. The molecule has 6 heteroatoms. The van der Waals surface area contributed by atoms with Crippen LogP contribution in [0.3, 0.4) is 0 Å². The third-order valence-electron chi connectivity index (χ3n) is 2.30. The molecule has 0 aromatic heterocycles. The Morgan fingerprint density at radius 3 is 2.68 bits per heavy atom. The van der Waals surface area contributed by atoms with Gasteiger partial charge in [-0.15, -0.1) is 0 Å². The zero-order valence-corrected chi connectivity index (χ0v) is 11.8. The topological polar surface area (TPSA) is 29.1 Å². The molecule has 0 fully saturated rings. The average Bonchev–Trinajstić information content (AvgIpc) is 2.28. The molecule has 0 radical (unpaired) electrons. The fraction of sp³-hybridized carbons (Fsp3) is 0.308. The Labute approximate surface area is 117 Å². The van der Waals surface area contributed by atoms with Crippen LogP contribution in [0.2, 0.25) is 0 Å². The van der Waals surface area contributed by atoms with Crippen molar-refractivity contribution >= 4 is 27.9 Å². The second-order valence-electron chi connectivity index (χ2n) is 3.90. The van der Waals surface area contributed by atoms with Gasteiger partial charge in [-0.05, 0) is 24.1 Å². The maximum atomic E-state index is 12.8. The van der Waals surface area contributed by atoms with E-state index in [1.807, 2.05) is 0 Å². The summed E-state index contributed by atoms with van der Waals surface area (Å²) in [5.41, 5.74) is -0.573. The highest BCUT2D eigenvalue weighted by atomic mass is 79.9. The number of hydrogen-bond donors (Lipinski definition) is 1. The Morgan fingerprint density at radius 2 is 2.11 bits per heavy atom. The van der Waals surface area contributed by atoms with Gasteiger partial charge in [0.15, 0.2) is 0 Å². The van der Waals surface area contributed by atoms with Crippen molar-refractivity contribution in [3.05, 3.63) is 39.9 Å². The van der Waals surface area contributed by atoms with Crippen molar-refractivity contribution in [1.29, 1.82) is 0 Å². The Hall–Kier alpha value is -1.30. The number of rotatable bonds is 4. The number of benzene rings is 1. The number of alkyl halides is 3. The summed E-state index contributed by atoms with van der Waals surface area (Å²) in [6.45, 7) is 1.80. The predicted octanol–water partition coefficient (Wildman–Crippen LogP) is 4.01. The second-order valence-corrected chi connectivity index (χ2v) is 4.82. The van der Waals surface area contributed by atoms with Crippen LogP contribution < -0.4 is 5.32 Å². The lowest BCUT2D eigenvalue weighted by Crippen LogP contribution is -2.20. The predicted molar refractivity (Wildman–Crippen MR) is 71.5 cm³/mol. The molecule has 0 spiro atoms. The molecule has 0 saturated carbocycles. The number of amides is 1. The molecule has 104 valence electrons. The largest absolute Gasteiger partial charge is 0.417 e. The molecule has 1 aromatic carbocycles. The number of nitrogens with one attached hydrogen (secondary N) is 1. The fourth-order valence-corrected chi connectivity index (χ4v) is 1.82.